The first-order chi connectivity index (χ1) is 8.52. The van der Waals surface area contributed by atoms with Crippen molar-refractivity contribution in [2.45, 2.75) is 12.0 Å². The monoisotopic (exact) mass is 248 g/mol. The summed E-state index contributed by atoms with van der Waals surface area (Å²) >= 11 is 0. The Labute approximate surface area is 102 Å². The molecule has 0 radical (unpaired) electrons. The largest absolute Gasteiger partial charge is 0.481 e. The van der Waals surface area contributed by atoms with Crippen molar-refractivity contribution in [2.24, 2.45) is 5.73 Å². The Morgan fingerprint density at radius 3 is 2.44 bits per heavy atom. The standard InChI is InChI=1S/C12H12N2O4/c13-10(12(17)18)9(11(15)16)7-5-14-8-4-2-1-3-6(7)8/h1-5,9-10,14H,13H2,(H,15,16)(H,17,18). The Kier molecular flexibility index (Phi) is 3.03. The van der Waals surface area contributed by atoms with Crippen LogP contribution in [0.15, 0.2) is 30.5 Å². The van der Waals surface area contributed by atoms with E-state index in [1.54, 1.807) is 24.3 Å². The number of carbonyl (C=O) groups is 2. The van der Waals surface area contributed by atoms with Crippen LogP contribution < -0.4 is 5.73 Å². The van der Waals surface area contributed by atoms with Crippen LogP contribution in [0.1, 0.15) is 11.5 Å². The van der Waals surface area contributed by atoms with Crippen LogP contribution in [0.4, 0.5) is 0 Å². The van der Waals surface area contributed by atoms with Gasteiger partial charge in [0.2, 0.25) is 0 Å². The molecule has 1 aromatic carbocycles. The van der Waals surface area contributed by atoms with Crippen LogP contribution >= 0.6 is 0 Å². The molecule has 0 aliphatic rings. The van der Waals surface area contributed by atoms with Gasteiger partial charge in [-0.3, -0.25) is 9.59 Å². The maximum absolute atomic E-state index is 11.2. The third kappa shape index (κ3) is 1.93. The normalized spacial score (nSPS) is 14.3. The molecule has 0 bridgehead atoms. The molecule has 6 heteroatoms. The van der Waals surface area contributed by atoms with Crippen LogP contribution in [0.5, 0.6) is 0 Å². The third-order valence-electron chi connectivity index (χ3n) is 2.87. The second kappa shape index (κ2) is 4.50. The smallest absolute Gasteiger partial charge is 0.321 e. The van der Waals surface area contributed by atoms with Gasteiger partial charge in [-0.05, 0) is 11.6 Å². The molecule has 0 saturated carbocycles. The quantitative estimate of drug-likeness (QED) is 0.637. The van der Waals surface area contributed by atoms with Crippen molar-refractivity contribution < 1.29 is 19.8 Å². The number of fused-ring (bicyclic) bond motifs is 1. The molecule has 94 valence electrons. The summed E-state index contributed by atoms with van der Waals surface area (Å²) in [6, 6.07) is 5.58. The Hall–Kier alpha value is -2.34. The van der Waals surface area contributed by atoms with E-state index in [0.29, 0.717) is 10.9 Å². The number of H-pyrrole nitrogens is 1. The van der Waals surface area contributed by atoms with Crippen molar-refractivity contribution in [2.75, 3.05) is 0 Å². The number of aromatic amines is 1. The zero-order valence-electron chi connectivity index (χ0n) is 9.33. The number of nitrogens with one attached hydrogen (secondary N) is 1. The summed E-state index contributed by atoms with van der Waals surface area (Å²) in [5.41, 5.74) is 6.58. The van der Waals surface area contributed by atoms with Crippen molar-refractivity contribution in [1.82, 2.24) is 4.98 Å². The second-order valence-corrected chi connectivity index (χ2v) is 3.97. The minimum absolute atomic E-state index is 0.382. The van der Waals surface area contributed by atoms with E-state index in [0.717, 1.165) is 5.52 Å². The molecule has 2 aromatic rings. The van der Waals surface area contributed by atoms with E-state index >= 15 is 0 Å². The van der Waals surface area contributed by atoms with E-state index in [1.807, 2.05) is 0 Å². The van der Waals surface area contributed by atoms with Crippen LogP contribution in [-0.4, -0.2) is 33.2 Å². The lowest BCUT2D eigenvalue weighted by molar-refractivity contribution is -0.146. The summed E-state index contributed by atoms with van der Waals surface area (Å²) < 4.78 is 0. The molecule has 0 aliphatic heterocycles. The van der Waals surface area contributed by atoms with Crippen molar-refractivity contribution in [3.63, 3.8) is 0 Å². The Bertz CT molecular complexity index is 605. The van der Waals surface area contributed by atoms with Gasteiger partial charge in [0.25, 0.3) is 0 Å². The highest BCUT2D eigenvalue weighted by Gasteiger charge is 2.33. The molecule has 1 aromatic heterocycles. The second-order valence-electron chi connectivity index (χ2n) is 3.97. The number of nitrogens with two attached hydrogens (primary N) is 1. The fourth-order valence-electron chi connectivity index (χ4n) is 1.97. The number of rotatable bonds is 4. The first-order valence-electron chi connectivity index (χ1n) is 5.29. The molecule has 0 saturated heterocycles. The number of benzene rings is 1. The van der Waals surface area contributed by atoms with Gasteiger partial charge in [-0.1, -0.05) is 18.2 Å². The molecule has 0 amide bonds. The van der Waals surface area contributed by atoms with Crippen LogP contribution in [0.3, 0.4) is 0 Å². The molecular formula is C12H12N2O4. The van der Waals surface area contributed by atoms with Crippen molar-refractivity contribution in [3.05, 3.63) is 36.0 Å². The van der Waals surface area contributed by atoms with Crippen molar-refractivity contribution in [1.29, 1.82) is 0 Å². The van der Waals surface area contributed by atoms with Gasteiger partial charge in [-0.25, -0.2) is 0 Å². The van der Waals surface area contributed by atoms with Gasteiger partial charge in [0, 0.05) is 17.1 Å². The van der Waals surface area contributed by atoms with E-state index in [9.17, 15) is 9.59 Å². The molecule has 0 aliphatic carbocycles. The SMILES string of the molecule is NC(C(=O)O)C(C(=O)O)c1c[nH]c2ccccc12. The van der Waals surface area contributed by atoms with Gasteiger partial charge in [0.1, 0.15) is 12.0 Å². The summed E-state index contributed by atoms with van der Waals surface area (Å²) in [5.74, 6) is -3.87. The molecule has 0 spiro atoms. The van der Waals surface area contributed by atoms with Crippen LogP contribution in [0.2, 0.25) is 0 Å². The van der Waals surface area contributed by atoms with Crippen molar-refractivity contribution in [3.8, 4) is 0 Å². The maximum atomic E-state index is 11.2. The number of aliphatic carboxylic acids is 2. The van der Waals surface area contributed by atoms with Gasteiger partial charge in [0.05, 0.1) is 0 Å². The number of hydrogen-bond acceptors (Lipinski definition) is 3. The molecule has 18 heavy (non-hydrogen) atoms. The lowest BCUT2D eigenvalue weighted by Crippen LogP contribution is -2.40. The molecular weight excluding hydrogens is 236 g/mol. The summed E-state index contributed by atoms with van der Waals surface area (Å²) in [5, 5.41) is 18.7. The first kappa shape index (κ1) is 12.1. The Morgan fingerprint density at radius 1 is 1.17 bits per heavy atom. The first-order valence-corrected chi connectivity index (χ1v) is 5.29. The average molecular weight is 248 g/mol. The number of aromatic nitrogens is 1. The zero-order valence-corrected chi connectivity index (χ0v) is 9.33. The molecule has 2 atom stereocenters. The number of carboxylic acid groups (broad SMARTS) is 2. The molecule has 6 nitrogen and oxygen atoms in total. The van der Waals surface area contributed by atoms with E-state index in [-0.39, 0.29) is 0 Å². The summed E-state index contributed by atoms with van der Waals surface area (Å²) in [7, 11) is 0. The summed E-state index contributed by atoms with van der Waals surface area (Å²) in [6.45, 7) is 0. The highest BCUT2D eigenvalue weighted by atomic mass is 16.4. The van der Waals surface area contributed by atoms with E-state index in [4.69, 9.17) is 15.9 Å². The van der Waals surface area contributed by atoms with Crippen LogP contribution in [0.25, 0.3) is 10.9 Å². The molecule has 5 N–H and O–H groups in total. The average Bonchev–Trinajstić information content (AvgIpc) is 2.73. The lowest BCUT2D eigenvalue weighted by atomic mass is 9.92. The number of para-hydroxylation sites is 1. The lowest BCUT2D eigenvalue weighted by Gasteiger charge is -2.15. The van der Waals surface area contributed by atoms with E-state index in [2.05, 4.69) is 4.98 Å². The highest BCUT2D eigenvalue weighted by molar-refractivity contribution is 5.93. The summed E-state index contributed by atoms with van der Waals surface area (Å²) in [6.07, 6.45) is 1.49. The zero-order chi connectivity index (χ0) is 13.3. The fourth-order valence-corrected chi connectivity index (χ4v) is 1.97. The third-order valence-corrected chi connectivity index (χ3v) is 2.87. The number of carboxylic acids is 2. The van der Waals surface area contributed by atoms with Gasteiger partial charge >= 0.3 is 11.9 Å². The Balaban J connectivity index is 2.55. The van der Waals surface area contributed by atoms with Gasteiger partial charge in [-0.15, -0.1) is 0 Å². The summed E-state index contributed by atoms with van der Waals surface area (Å²) in [4.78, 5) is 25.0. The van der Waals surface area contributed by atoms with Gasteiger partial charge < -0.3 is 20.9 Å². The van der Waals surface area contributed by atoms with E-state index < -0.39 is 23.9 Å². The predicted molar refractivity (Wildman–Crippen MR) is 64.3 cm³/mol. The fraction of sp³-hybridized carbons (Fsp3) is 0.167. The topological polar surface area (TPSA) is 116 Å². The Morgan fingerprint density at radius 2 is 1.83 bits per heavy atom. The molecule has 1 heterocycles. The van der Waals surface area contributed by atoms with Gasteiger partial charge in [0.15, 0.2) is 0 Å². The molecule has 2 rings (SSSR count). The molecule has 2 unspecified atom stereocenters. The number of hydrogen-bond donors (Lipinski definition) is 4. The molecule has 0 fully saturated rings. The van der Waals surface area contributed by atoms with E-state index in [1.165, 1.54) is 6.20 Å². The predicted octanol–water partition coefficient (Wildman–Crippen LogP) is 0.748. The van der Waals surface area contributed by atoms with Gasteiger partial charge in [-0.2, -0.15) is 0 Å². The van der Waals surface area contributed by atoms with Crippen LogP contribution in [-0.2, 0) is 9.59 Å². The minimum Gasteiger partial charge on any atom is -0.481 e. The van der Waals surface area contributed by atoms with Crippen molar-refractivity contribution >= 4 is 22.8 Å². The maximum Gasteiger partial charge on any atom is 0.321 e. The highest BCUT2D eigenvalue weighted by Crippen LogP contribution is 2.27. The minimum atomic E-state index is -1.48. The van der Waals surface area contributed by atoms with Crippen LogP contribution in [0, 0.1) is 0 Å².